The molecule has 0 aliphatic heterocycles. The first-order valence-corrected chi connectivity index (χ1v) is 5.85. The quantitative estimate of drug-likeness (QED) is 0.753. The van der Waals surface area contributed by atoms with Crippen molar-refractivity contribution in [1.29, 1.82) is 0 Å². The topological polar surface area (TPSA) is 50.4 Å². The standard InChI is InChI=1S/C13H20N2O2/c1-3-14-10-13(16)15-12-7-5-4-6-11(12)8-9-17-2/h4-7,14H,3,8-10H2,1-2H3,(H,15,16). The Kier molecular flexibility index (Phi) is 6.29. The van der Waals surface area contributed by atoms with Crippen LogP contribution in [0.4, 0.5) is 5.69 Å². The number of anilines is 1. The van der Waals surface area contributed by atoms with Crippen molar-refractivity contribution in [1.82, 2.24) is 5.32 Å². The Bertz CT molecular complexity index is 353. The molecule has 0 aromatic heterocycles. The highest BCUT2D eigenvalue weighted by atomic mass is 16.5. The Morgan fingerprint density at radius 3 is 2.82 bits per heavy atom. The molecule has 0 atom stereocenters. The predicted molar refractivity (Wildman–Crippen MR) is 69.2 cm³/mol. The maximum absolute atomic E-state index is 11.6. The Morgan fingerprint density at radius 2 is 2.12 bits per heavy atom. The molecule has 1 aromatic carbocycles. The van der Waals surface area contributed by atoms with Gasteiger partial charge in [0.15, 0.2) is 0 Å². The lowest BCUT2D eigenvalue weighted by atomic mass is 10.1. The first-order valence-electron chi connectivity index (χ1n) is 5.85. The number of hydrogen-bond acceptors (Lipinski definition) is 3. The third-order valence-corrected chi connectivity index (χ3v) is 2.40. The number of rotatable bonds is 7. The van der Waals surface area contributed by atoms with E-state index < -0.39 is 0 Å². The van der Waals surface area contributed by atoms with E-state index in [-0.39, 0.29) is 5.91 Å². The van der Waals surface area contributed by atoms with Crippen molar-refractivity contribution in [2.45, 2.75) is 13.3 Å². The molecule has 94 valence electrons. The Morgan fingerprint density at radius 1 is 1.35 bits per heavy atom. The number of ether oxygens (including phenoxy) is 1. The van der Waals surface area contributed by atoms with Crippen LogP contribution in [0.5, 0.6) is 0 Å². The zero-order valence-corrected chi connectivity index (χ0v) is 10.5. The number of amides is 1. The van der Waals surface area contributed by atoms with Crippen LogP contribution in [0.3, 0.4) is 0 Å². The lowest BCUT2D eigenvalue weighted by Crippen LogP contribution is -2.28. The molecule has 0 heterocycles. The van der Waals surface area contributed by atoms with Crippen molar-refractivity contribution >= 4 is 11.6 Å². The van der Waals surface area contributed by atoms with Gasteiger partial charge in [0.2, 0.25) is 5.91 Å². The van der Waals surface area contributed by atoms with Crippen molar-refractivity contribution in [3.8, 4) is 0 Å². The van der Waals surface area contributed by atoms with E-state index in [9.17, 15) is 4.79 Å². The highest BCUT2D eigenvalue weighted by Gasteiger charge is 2.05. The van der Waals surface area contributed by atoms with E-state index in [0.717, 1.165) is 24.2 Å². The zero-order chi connectivity index (χ0) is 12.5. The largest absolute Gasteiger partial charge is 0.384 e. The third-order valence-electron chi connectivity index (χ3n) is 2.40. The average molecular weight is 236 g/mol. The van der Waals surface area contributed by atoms with E-state index in [1.54, 1.807) is 7.11 Å². The van der Waals surface area contributed by atoms with Crippen LogP contribution in [0.1, 0.15) is 12.5 Å². The molecule has 4 heteroatoms. The first-order chi connectivity index (χ1) is 8.27. The number of nitrogens with one attached hydrogen (secondary N) is 2. The molecule has 0 aliphatic carbocycles. The number of hydrogen-bond donors (Lipinski definition) is 2. The van der Waals surface area contributed by atoms with Gasteiger partial charge in [0, 0.05) is 12.8 Å². The molecule has 0 fully saturated rings. The van der Waals surface area contributed by atoms with Gasteiger partial charge in [0.25, 0.3) is 0 Å². The van der Waals surface area contributed by atoms with E-state index in [1.165, 1.54) is 0 Å². The molecule has 0 saturated heterocycles. The van der Waals surface area contributed by atoms with Crippen molar-refractivity contribution in [2.24, 2.45) is 0 Å². The minimum absolute atomic E-state index is 0.0169. The summed E-state index contributed by atoms with van der Waals surface area (Å²) in [5.74, 6) is -0.0169. The summed E-state index contributed by atoms with van der Waals surface area (Å²) in [7, 11) is 1.67. The third kappa shape index (κ3) is 4.97. The van der Waals surface area contributed by atoms with Gasteiger partial charge >= 0.3 is 0 Å². The van der Waals surface area contributed by atoms with Gasteiger partial charge in [-0.1, -0.05) is 25.1 Å². The maximum atomic E-state index is 11.6. The molecule has 2 N–H and O–H groups in total. The Balaban J connectivity index is 2.59. The van der Waals surface area contributed by atoms with Gasteiger partial charge in [-0.2, -0.15) is 0 Å². The van der Waals surface area contributed by atoms with Crippen LogP contribution in [-0.4, -0.2) is 32.7 Å². The lowest BCUT2D eigenvalue weighted by Gasteiger charge is -2.10. The summed E-state index contributed by atoms with van der Waals surface area (Å²) in [5, 5.41) is 5.89. The second-order valence-electron chi connectivity index (χ2n) is 3.73. The fraction of sp³-hybridized carbons (Fsp3) is 0.462. The fourth-order valence-corrected chi connectivity index (χ4v) is 1.51. The minimum Gasteiger partial charge on any atom is -0.384 e. The van der Waals surface area contributed by atoms with Crippen LogP contribution in [0.2, 0.25) is 0 Å². The van der Waals surface area contributed by atoms with Crippen LogP contribution in [0, 0.1) is 0 Å². The van der Waals surface area contributed by atoms with Crippen molar-refractivity contribution in [3.63, 3.8) is 0 Å². The van der Waals surface area contributed by atoms with Crippen molar-refractivity contribution < 1.29 is 9.53 Å². The van der Waals surface area contributed by atoms with Crippen LogP contribution in [0.15, 0.2) is 24.3 Å². The predicted octanol–water partition coefficient (Wildman–Crippen LogP) is 1.42. The molecule has 0 spiro atoms. The number of benzene rings is 1. The van der Waals surface area contributed by atoms with Crippen LogP contribution >= 0.6 is 0 Å². The highest BCUT2D eigenvalue weighted by Crippen LogP contribution is 2.15. The summed E-state index contributed by atoms with van der Waals surface area (Å²) in [5.41, 5.74) is 1.96. The van der Waals surface area contributed by atoms with E-state index >= 15 is 0 Å². The van der Waals surface area contributed by atoms with E-state index in [4.69, 9.17) is 4.74 Å². The smallest absolute Gasteiger partial charge is 0.238 e. The van der Waals surface area contributed by atoms with Gasteiger partial charge in [-0.15, -0.1) is 0 Å². The molecular weight excluding hydrogens is 216 g/mol. The van der Waals surface area contributed by atoms with Gasteiger partial charge in [-0.05, 0) is 24.6 Å². The molecule has 0 radical (unpaired) electrons. The maximum Gasteiger partial charge on any atom is 0.238 e. The average Bonchev–Trinajstić information content (AvgIpc) is 2.35. The number of para-hydroxylation sites is 1. The molecule has 0 saturated carbocycles. The first kappa shape index (κ1) is 13.7. The molecule has 0 unspecified atom stereocenters. The van der Waals surface area contributed by atoms with E-state index in [2.05, 4.69) is 10.6 Å². The van der Waals surface area contributed by atoms with Gasteiger partial charge in [-0.3, -0.25) is 4.79 Å². The molecule has 4 nitrogen and oxygen atoms in total. The molecular formula is C13H20N2O2. The minimum atomic E-state index is -0.0169. The Labute approximate surface area is 102 Å². The second-order valence-corrected chi connectivity index (χ2v) is 3.73. The highest BCUT2D eigenvalue weighted by molar-refractivity contribution is 5.92. The number of likely N-dealkylation sites (N-methyl/N-ethyl adjacent to an activating group) is 1. The van der Waals surface area contributed by atoms with E-state index in [1.807, 2.05) is 31.2 Å². The monoisotopic (exact) mass is 236 g/mol. The molecule has 0 bridgehead atoms. The number of carbonyl (C=O) groups excluding carboxylic acids is 1. The summed E-state index contributed by atoms with van der Waals surface area (Å²) in [6.45, 7) is 3.76. The molecule has 1 amide bonds. The normalized spacial score (nSPS) is 10.2. The molecule has 17 heavy (non-hydrogen) atoms. The number of carbonyl (C=O) groups is 1. The molecule has 1 aromatic rings. The Hall–Kier alpha value is -1.39. The van der Waals surface area contributed by atoms with Crippen LogP contribution in [0.25, 0.3) is 0 Å². The van der Waals surface area contributed by atoms with Gasteiger partial charge in [0.05, 0.1) is 13.2 Å². The van der Waals surface area contributed by atoms with Crippen molar-refractivity contribution in [2.75, 3.05) is 32.1 Å². The molecule has 0 aliphatic rings. The number of methoxy groups -OCH3 is 1. The lowest BCUT2D eigenvalue weighted by molar-refractivity contribution is -0.115. The SMILES string of the molecule is CCNCC(=O)Nc1ccccc1CCOC. The van der Waals surface area contributed by atoms with Crippen molar-refractivity contribution in [3.05, 3.63) is 29.8 Å². The summed E-state index contributed by atoms with van der Waals surface area (Å²) >= 11 is 0. The van der Waals surface area contributed by atoms with E-state index in [0.29, 0.717) is 13.2 Å². The summed E-state index contributed by atoms with van der Waals surface area (Å²) in [6, 6.07) is 7.79. The van der Waals surface area contributed by atoms with Gasteiger partial charge in [-0.25, -0.2) is 0 Å². The second kappa shape index (κ2) is 7.81. The van der Waals surface area contributed by atoms with Crippen LogP contribution in [-0.2, 0) is 16.0 Å². The van der Waals surface area contributed by atoms with Crippen LogP contribution < -0.4 is 10.6 Å². The summed E-state index contributed by atoms with van der Waals surface area (Å²) in [6.07, 6.45) is 0.800. The fourth-order valence-electron chi connectivity index (χ4n) is 1.51. The zero-order valence-electron chi connectivity index (χ0n) is 10.5. The summed E-state index contributed by atoms with van der Waals surface area (Å²) in [4.78, 5) is 11.6. The summed E-state index contributed by atoms with van der Waals surface area (Å²) < 4.78 is 5.05. The van der Waals surface area contributed by atoms with Gasteiger partial charge in [0.1, 0.15) is 0 Å². The molecule has 1 rings (SSSR count). The van der Waals surface area contributed by atoms with Gasteiger partial charge < -0.3 is 15.4 Å².